The van der Waals surface area contributed by atoms with Gasteiger partial charge in [-0.1, -0.05) is 0 Å². The Balaban J connectivity index is 2.03. The molecule has 2 aromatic rings. The molecule has 6 heteroatoms. The van der Waals surface area contributed by atoms with Gasteiger partial charge in [0.25, 0.3) is 0 Å². The number of ether oxygens (including phenoxy) is 2. The molecule has 0 aliphatic carbocycles. The fourth-order valence-corrected chi connectivity index (χ4v) is 2.91. The minimum atomic E-state index is -0.346. The summed E-state index contributed by atoms with van der Waals surface area (Å²) in [5, 5.41) is 0. The Labute approximate surface area is 127 Å². The highest BCUT2D eigenvalue weighted by Crippen LogP contribution is 2.23. The topological polar surface area (TPSA) is 53.3 Å². The van der Waals surface area contributed by atoms with E-state index in [0.717, 1.165) is 43.0 Å². The molecule has 1 aromatic heterocycles. The molecule has 0 amide bonds. The van der Waals surface area contributed by atoms with Crippen molar-refractivity contribution >= 4 is 28.6 Å². The van der Waals surface area contributed by atoms with Gasteiger partial charge >= 0.3 is 5.97 Å². The van der Waals surface area contributed by atoms with Gasteiger partial charge in [0.1, 0.15) is 5.82 Å². The van der Waals surface area contributed by atoms with Crippen LogP contribution in [0.4, 0.5) is 0 Å². The van der Waals surface area contributed by atoms with E-state index in [1.165, 1.54) is 7.11 Å². The van der Waals surface area contributed by atoms with Crippen LogP contribution in [0.3, 0.4) is 0 Å². The quantitative estimate of drug-likeness (QED) is 0.643. The lowest BCUT2D eigenvalue weighted by Crippen LogP contribution is -2.13. The van der Waals surface area contributed by atoms with Crippen molar-refractivity contribution in [1.82, 2.24) is 9.55 Å². The molecular weight excluding hydrogens is 292 g/mol. The van der Waals surface area contributed by atoms with Crippen LogP contribution < -0.4 is 0 Å². The second-order valence-electron chi connectivity index (χ2n) is 5.20. The van der Waals surface area contributed by atoms with Crippen molar-refractivity contribution in [3.05, 3.63) is 29.6 Å². The SMILES string of the molecule is COC(=O)c1ccc2nc(CCl)n(C[C@@H]3CCOC3)c2c1. The third-order valence-corrected chi connectivity index (χ3v) is 4.07. The summed E-state index contributed by atoms with van der Waals surface area (Å²) in [6.45, 7) is 2.38. The van der Waals surface area contributed by atoms with Gasteiger partial charge in [-0.2, -0.15) is 0 Å². The monoisotopic (exact) mass is 308 g/mol. The van der Waals surface area contributed by atoms with Gasteiger partial charge in [0, 0.05) is 19.1 Å². The number of methoxy groups -OCH3 is 1. The molecule has 0 bridgehead atoms. The highest BCUT2D eigenvalue weighted by molar-refractivity contribution is 6.16. The summed E-state index contributed by atoms with van der Waals surface area (Å²) in [6.07, 6.45) is 1.04. The smallest absolute Gasteiger partial charge is 0.337 e. The number of hydrogen-bond acceptors (Lipinski definition) is 4. The maximum absolute atomic E-state index is 11.7. The Morgan fingerprint density at radius 2 is 2.43 bits per heavy atom. The Morgan fingerprint density at radius 3 is 3.10 bits per heavy atom. The second-order valence-corrected chi connectivity index (χ2v) is 5.46. The van der Waals surface area contributed by atoms with Crippen LogP contribution in [-0.2, 0) is 21.9 Å². The average Bonchev–Trinajstić information content (AvgIpc) is 3.14. The maximum atomic E-state index is 11.7. The fourth-order valence-electron chi connectivity index (χ4n) is 2.71. The average molecular weight is 309 g/mol. The lowest BCUT2D eigenvalue weighted by atomic mass is 10.1. The molecular formula is C15H17ClN2O3. The van der Waals surface area contributed by atoms with Crippen molar-refractivity contribution in [2.75, 3.05) is 20.3 Å². The maximum Gasteiger partial charge on any atom is 0.337 e. The summed E-state index contributed by atoms with van der Waals surface area (Å²) in [5.41, 5.74) is 2.28. The number of imidazole rings is 1. The summed E-state index contributed by atoms with van der Waals surface area (Å²) >= 11 is 6.01. The van der Waals surface area contributed by atoms with E-state index < -0.39 is 0 Å². The Hall–Kier alpha value is -1.59. The number of carbonyl (C=O) groups excluding carboxylic acids is 1. The van der Waals surface area contributed by atoms with Crippen molar-refractivity contribution in [3.8, 4) is 0 Å². The number of esters is 1. The van der Waals surface area contributed by atoms with Gasteiger partial charge in [0.15, 0.2) is 0 Å². The van der Waals surface area contributed by atoms with Gasteiger partial charge < -0.3 is 14.0 Å². The predicted molar refractivity (Wildman–Crippen MR) is 79.6 cm³/mol. The molecule has 1 atom stereocenters. The summed E-state index contributed by atoms with van der Waals surface area (Å²) in [4.78, 5) is 16.2. The molecule has 0 N–H and O–H groups in total. The number of carbonyl (C=O) groups is 1. The largest absolute Gasteiger partial charge is 0.465 e. The zero-order valence-electron chi connectivity index (χ0n) is 11.8. The van der Waals surface area contributed by atoms with Crippen LogP contribution in [0.5, 0.6) is 0 Å². The van der Waals surface area contributed by atoms with Crippen molar-refractivity contribution in [2.45, 2.75) is 18.8 Å². The molecule has 21 heavy (non-hydrogen) atoms. The first kappa shape index (κ1) is 14.4. The van der Waals surface area contributed by atoms with E-state index in [2.05, 4.69) is 9.55 Å². The molecule has 1 aliphatic heterocycles. The molecule has 1 aromatic carbocycles. The van der Waals surface area contributed by atoms with Crippen LogP contribution in [0.2, 0.25) is 0 Å². The summed E-state index contributed by atoms with van der Waals surface area (Å²) in [5.74, 6) is 1.28. The van der Waals surface area contributed by atoms with Crippen LogP contribution in [0.15, 0.2) is 18.2 Å². The number of hydrogen-bond donors (Lipinski definition) is 0. The molecule has 3 rings (SSSR count). The number of alkyl halides is 1. The minimum absolute atomic E-state index is 0.343. The lowest BCUT2D eigenvalue weighted by molar-refractivity contribution is 0.0601. The van der Waals surface area contributed by atoms with Gasteiger partial charge in [-0.3, -0.25) is 0 Å². The number of nitrogens with zero attached hydrogens (tertiary/aromatic N) is 2. The molecule has 1 aliphatic rings. The first-order chi connectivity index (χ1) is 10.2. The first-order valence-electron chi connectivity index (χ1n) is 6.94. The number of fused-ring (bicyclic) bond motifs is 1. The molecule has 5 nitrogen and oxygen atoms in total. The van der Waals surface area contributed by atoms with Gasteiger partial charge in [-0.15, -0.1) is 11.6 Å². The van der Waals surface area contributed by atoms with E-state index in [1.807, 2.05) is 12.1 Å². The van der Waals surface area contributed by atoms with E-state index >= 15 is 0 Å². The zero-order chi connectivity index (χ0) is 14.8. The van der Waals surface area contributed by atoms with E-state index in [9.17, 15) is 4.79 Å². The van der Waals surface area contributed by atoms with E-state index in [1.54, 1.807) is 6.07 Å². The third-order valence-electron chi connectivity index (χ3n) is 3.83. The third kappa shape index (κ3) is 2.76. The van der Waals surface area contributed by atoms with Crippen LogP contribution >= 0.6 is 11.6 Å². The van der Waals surface area contributed by atoms with Crippen LogP contribution in [-0.4, -0.2) is 35.8 Å². The molecule has 0 radical (unpaired) electrons. The Kier molecular flexibility index (Phi) is 4.12. The standard InChI is InChI=1S/C15H17ClN2O3/c1-20-15(19)11-2-3-12-13(6-11)18(14(7-16)17-12)8-10-4-5-21-9-10/h2-3,6,10H,4-5,7-9H2,1H3/t10-/m0/s1. The Bertz CT molecular complexity index is 662. The number of benzene rings is 1. The van der Waals surface area contributed by atoms with E-state index in [0.29, 0.717) is 17.4 Å². The zero-order valence-corrected chi connectivity index (χ0v) is 12.6. The number of rotatable bonds is 4. The van der Waals surface area contributed by atoms with Gasteiger partial charge in [0.2, 0.25) is 0 Å². The number of halogens is 1. The Morgan fingerprint density at radius 1 is 1.57 bits per heavy atom. The highest BCUT2D eigenvalue weighted by Gasteiger charge is 2.20. The minimum Gasteiger partial charge on any atom is -0.465 e. The predicted octanol–water partition coefficient (Wildman–Crippen LogP) is 2.60. The van der Waals surface area contributed by atoms with Crippen LogP contribution in [0.1, 0.15) is 22.6 Å². The lowest BCUT2D eigenvalue weighted by Gasteiger charge is -2.12. The first-order valence-corrected chi connectivity index (χ1v) is 7.47. The second kappa shape index (κ2) is 6.03. The molecule has 1 saturated heterocycles. The van der Waals surface area contributed by atoms with E-state index in [-0.39, 0.29) is 5.97 Å². The summed E-state index contributed by atoms with van der Waals surface area (Å²) in [7, 11) is 1.38. The normalized spacial score (nSPS) is 18.3. The van der Waals surface area contributed by atoms with Gasteiger partial charge in [-0.25, -0.2) is 9.78 Å². The van der Waals surface area contributed by atoms with Gasteiger partial charge in [0.05, 0.1) is 36.2 Å². The fraction of sp³-hybridized carbons (Fsp3) is 0.467. The molecule has 0 spiro atoms. The number of aromatic nitrogens is 2. The van der Waals surface area contributed by atoms with Crippen LogP contribution in [0, 0.1) is 5.92 Å². The van der Waals surface area contributed by atoms with Crippen LogP contribution in [0.25, 0.3) is 11.0 Å². The molecule has 0 saturated carbocycles. The summed E-state index contributed by atoms with van der Waals surface area (Å²) < 4.78 is 12.3. The van der Waals surface area contributed by atoms with E-state index in [4.69, 9.17) is 21.1 Å². The van der Waals surface area contributed by atoms with Crippen molar-refractivity contribution in [1.29, 1.82) is 0 Å². The molecule has 112 valence electrons. The summed E-state index contributed by atoms with van der Waals surface area (Å²) in [6, 6.07) is 5.38. The van der Waals surface area contributed by atoms with Crippen molar-refractivity contribution in [2.24, 2.45) is 5.92 Å². The molecule has 2 heterocycles. The highest BCUT2D eigenvalue weighted by atomic mass is 35.5. The van der Waals surface area contributed by atoms with Gasteiger partial charge in [-0.05, 0) is 24.6 Å². The molecule has 0 unspecified atom stereocenters. The molecule has 1 fully saturated rings. The van der Waals surface area contributed by atoms with Crippen molar-refractivity contribution < 1.29 is 14.3 Å². The van der Waals surface area contributed by atoms with Crippen molar-refractivity contribution in [3.63, 3.8) is 0 Å².